The largest absolute Gasteiger partial charge is 0.245 e. The molecule has 9 aromatic rings. The molecule has 3 aromatic heterocycles. The van der Waals surface area contributed by atoms with E-state index in [9.17, 15) is 0 Å². The first kappa shape index (κ1) is 29.4. The lowest BCUT2D eigenvalue weighted by molar-refractivity contribution is 1.17. The first-order valence-corrected chi connectivity index (χ1v) is 16.7. The molecule has 9 rings (SSSR count). The second kappa shape index (κ2) is 12.7. The molecule has 4 heteroatoms. The van der Waals surface area contributed by atoms with E-state index in [1.165, 1.54) is 5.56 Å². The summed E-state index contributed by atoms with van der Waals surface area (Å²) >= 11 is 0. The maximum atomic E-state index is 5.31. The quantitative estimate of drug-likeness (QED) is 0.170. The molecule has 0 aliphatic rings. The Morgan fingerprint density at radius 1 is 0.280 bits per heavy atom. The van der Waals surface area contributed by atoms with Crippen LogP contribution in [0.2, 0.25) is 0 Å². The number of benzene rings is 6. The highest BCUT2D eigenvalue weighted by atomic mass is 14.9. The van der Waals surface area contributed by atoms with Gasteiger partial charge in [-0.05, 0) is 40.5 Å². The summed E-state index contributed by atoms with van der Waals surface area (Å²) < 4.78 is 0. The van der Waals surface area contributed by atoms with Crippen LogP contribution in [0.15, 0.2) is 182 Å². The lowest BCUT2D eigenvalue weighted by Gasteiger charge is -2.13. The van der Waals surface area contributed by atoms with E-state index < -0.39 is 0 Å². The summed E-state index contributed by atoms with van der Waals surface area (Å²) in [5, 5.41) is 2.08. The van der Waals surface area contributed by atoms with E-state index in [-0.39, 0.29) is 0 Å². The van der Waals surface area contributed by atoms with Crippen LogP contribution in [-0.4, -0.2) is 19.9 Å². The average Bonchev–Trinajstić information content (AvgIpc) is 3.21. The van der Waals surface area contributed by atoms with Crippen LogP contribution in [0.3, 0.4) is 0 Å². The van der Waals surface area contributed by atoms with Gasteiger partial charge in [-0.3, -0.25) is 0 Å². The molecule has 0 atom stereocenters. The van der Waals surface area contributed by atoms with Gasteiger partial charge < -0.3 is 0 Å². The van der Waals surface area contributed by atoms with Crippen LogP contribution in [0.25, 0.3) is 89.4 Å². The van der Waals surface area contributed by atoms with E-state index >= 15 is 0 Å². The van der Waals surface area contributed by atoms with Crippen LogP contribution in [0.5, 0.6) is 0 Å². The molecule has 0 fully saturated rings. The number of rotatable bonds is 6. The topological polar surface area (TPSA) is 51.6 Å². The summed E-state index contributed by atoms with van der Waals surface area (Å²) in [6.45, 7) is 0. The Balaban J connectivity index is 1.23. The van der Waals surface area contributed by atoms with Gasteiger partial charge in [-0.2, -0.15) is 0 Å². The summed E-state index contributed by atoms with van der Waals surface area (Å²) in [6.07, 6.45) is 0. The molecule has 6 aromatic carbocycles. The maximum absolute atomic E-state index is 5.31. The molecular weight excluding hydrogens is 609 g/mol. The van der Waals surface area contributed by atoms with Crippen molar-refractivity contribution in [2.24, 2.45) is 0 Å². The lowest BCUT2D eigenvalue weighted by Crippen LogP contribution is -1.98. The molecule has 3 heterocycles. The summed E-state index contributed by atoms with van der Waals surface area (Å²) in [7, 11) is 0. The first-order chi connectivity index (χ1) is 24.8. The smallest absolute Gasteiger partial charge is 0.160 e. The number of pyridine rings is 2. The second-order valence-electron chi connectivity index (χ2n) is 12.3. The first-order valence-electron chi connectivity index (χ1n) is 16.7. The van der Waals surface area contributed by atoms with Gasteiger partial charge in [0.15, 0.2) is 5.82 Å². The molecule has 0 radical (unpaired) electrons. The monoisotopic (exact) mass is 638 g/mol. The minimum Gasteiger partial charge on any atom is -0.245 e. The normalized spacial score (nSPS) is 11.2. The highest BCUT2D eigenvalue weighted by Crippen LogP contribution is 2.36. The van der Waals surface area contributed by atoms with E-state index in [0.717, 1.165) is 78.0 Å². The zero-order chi connectivity index (χ0) is 33.3. The average molecular weight is 639 g/mol. The minimum atomic E-state index is 0.654. The van der Waals surface area contributed by atoms with Gasteiger partial charge in [0.05, 0.1) is 33.8 Å². The van der Waals surface area contributed by atoms with Crippen molar-refractivity contribution in [1.82, 2.24) is 19.9 Å². The summed E-state index contributed by atoms with van der Waals surface area (Å²) in [4.78, 5) is 20.7. The zero-order valence-electron chi connectivity index (χ0n) is 27.1. The molecule has 0 amide bonds. The Bertz CT molecular complexity index is 2600. The highest BCUT2D eigenvalue weighted by molar-refractivity contribution is 6.09. The van der Waals surface area contributed by atoms with Gasteiger partial charge in [0.25, 0.3) is 0 Å². The van der Waals surface area contributed by atoms with Crippen LogP contribution in [0, 0.1) is 0 Å². The van der Waals surface area contributed by atoms with E-state index in [0.29, 0.717) is 5.82 Å². The van der Waals surface area contributed by atoms with E-state index in [1.807, 2.05) is 60.7 Å². The number of fused-ring (bicyclic) bond motifs is 3. The molecule has 0 spiro atoms. The Labute approximate surface area is 290 Å². The van der Waals surface area contributed by atoms with Crippen LogP contribution >= 0.6 is 0 Å². The Hall–Kier alpha value is -6.78. The van der Waals surface area contributed by atoms with Gasteiger partial charge in [-0.1, -0.05) is 164 Å². The van der Waals surface area contributed by atoms with E-state index in [2.05, 4.69) is 121 Å². The highest BCUT2D eigenvalue weighted by Gasteiger charge is 2.16. The number of nitrogens with zero attached hydrogens (tertiary/aromatic N) is 4. The third-order valence-electron chi connectivity index (χ3n) is 9.10. The number of hydrogen-bond donors (Lipinski definition) is 0. The third kappa shape index (κ3) is 5.59. The molecule has 4 nitrogen and oxygen atoms in total. The SMILES string of the molecule is c1ccc(-c2ccc(-c3cc(-c4ccc5ccc6c(-c7ccccc7)cc(-c7ccccc7)nc6c5n4)nc(-c4ccccc4)n3)cc2)cc1. The fourth-order valence-electron chi connectivity index (χ4n) is 6.53. The number of aromatic nitrogens is 4. The van der Waals surface area contributed by atoms with Crippen LogP contribution in [-0.2, 0) is 0 Å². The second-order valence-corrected chi connectivity index (χ2v) is 12.3. The molecule has 0 N–H and O–H groups in total. The standard InChI is InChI=1S/C46H30N4/c1-5-13-31(14-6-1)32-21-23-35(24-22-32)42-30-43(50-46(49-42)37-19-11-4-12-20-37)40-28-26-36-25-27-38-39(33-15-7-2-8-16-33)29-41(34-17-9-3-10-18-34)48-45(38)44(36)47-40/h1-30H. The molecule has 234 valence electrons. The lowest BCUT2D eigenvalue weighted by atomic mass is 9.97. The van der Waals surface area contributed by atoms with Crippen LogP contribution < -0.4 is 0 Å². The third-order valence-corrected chi connectivity index (χ3v) is 9.10. The predicted molar refractivity (Wildman–Crippen MR) is 205 cm³/mol. The number of hydrogen-bond acceptors (Lipinski definition) is 4. The predicted octanol–water partition coefficient (Wildman–Crippen LogP) is 11.6. The van der Waals surface area contributed by atoms with Gasteiger partial charge in [-0.15, -0.1) is 0 Å². The fraction of sp³-hybridized carbons (Fsp3) is 0. The van der Waals surface area contributed by atoms with Crippen LogP contribution in [0.1, 0.15) is 0 Å². The molecule has 0 bridgehead atoms. The van der Waals surface area contributed by atoms with Crippen molar-refractivity contribution in [3.8, 4) is 67.5 Å². The molecule has 0 aliphatic carbocycles. The van der Waals surface area contributed by atoms with Crippen molar-refractivity contribution in [3.05, 3.63) is 182 Å². The van der Waals surface area contributed by atoms with Gasteiger partial charge in [0.1, 0.15) is 0 Å². The van der Waals surface area contributed by atoms with E-state index in [1.54, 1.807) is 0 Å². The molecule has 0 aliphatic heterocycles. The minimum absolute atomic E-state index is 0.654. The van der Waals surface area contributed by atoms with Gasteiger partial charge in [0.2, 0.25) is 0 Å². The Kier molecular flexibility index (Phi) is 7.45. The van der Waals surface area contributed by atoms with E-state index in [4.69, 9.17) is 19.9 Å². The molecule has 0 unspecified atom stereocenters. The van der Waals surface area contributed by atoms with Gasteiger partial charge in [0, 0.05) is 27.5 Å². The Morgan fingerprint density at radius 2 is 0.760 bits per heavy atom. The van der Waals surface area contributed by atoms with Crippen molar-refractivity contribution in [3.63, 3.8) is 0 Å². The maximum Gasteiger partial charge on any atom is 0.160 e. The van der Waals surface area contributed by atoms with Crippen molar-refractivity contribution in [1.29, 1.82) is 0 Å². The fourth-order valence-corrected chi connectivity index (χ4v) is 6.53. The van der Waals surface area contributed by atoms with Crippen molar-refractivity contribution in [2.75, 3.05) is 0 Å². The zero-order valence-corrected chi connectivity index (χ0v) is 27.1. The molecule has 0 saturated heterocycles. The van der Waals surface area contributed by atoms with Gasteiger partial charge >= 0.3 is 0 Å². The van der Waals surface area contributed by atoms with Crippen LogP contribution in [0.4, 0.5) is 0 Å². The molecule has 0 saturated carbocycles. The summed E-state index contributed by atoms with van der Waals surface area (Å²) in [5.41, 5.74) is 12.6. The van der Waals surface area contributed by atoms with Crippen molar-refractivity contribution >= 4 is 21.8 Å². The molecular formula is C46H30N4. The van der Waals surface area contributed by atoms with Crippen molar-refractivity contribution in [2.45, 2.75) is 0 Å². The summed E-state index contributed by atoms with van der Waals surface area (Å²) in [5.74, 6) is 0.654. The van der Waals surface area contributed by atoms with Gasteiger partial charge in [-0.25, -0.2) is 19.9 Å². The Morgan fingerprint density at radius 3 is 1.44 bits per heavy atom. The summed E-state index contributed by atoms with van der Waals surface area (Å²) in [6, 6.07) is 62.6. The van der Waals surface area contributed by atoms with Crippen molar-refractivity contribution < 1.29 is 0 Å². The molecule has 50 heavy (non-hydrogen) atoms.